The van der Waals surface area contributed by atoms with Crippen LogP contribution in [0.5, 0.6) is 0 Å². The first-order valence-corrected chi connectivity index (χ1v) is 8.19. The van der Waals surface area contributed by atoms with E-state index in [1.807, 2.05) is 18.7 Å². The van der Waals surface area contributed by atoms with Crippen molar-refractivity contribution in [3.8, 4) is 0 Å². The van der Waals surface area contributed by atoms with Gasteiger partial charge in [-0.3, -0.25) is 14.9 Å². The van der Waals surface area contributed by atoms with Crippen molar-refractivity contribution in [1.29, 1.82) is 0 Å². The van der Waals surface area contributed by atoms with Gasteiger partial charge in [0.2, 0.25) is 0 Å². The predicted molar refractivity (Wildman–Crippen MR) is 91.7 cm³/mol. The molecule has 0 amide bonds. The molecule has 1 unspecified atom stereocenters. The van der Waals surface area contributed by atoms with Crippen LogP contribution in [0, 0.1) is 16.0 Å². The molecule has 2 rings (SSSR count). The van der Waals surface area contributed by atoms with Crippen molar-refractivity contribution in [2.75, 3.05) is 7.11 Å². The minimum atomic E-state index is -0.528. The molecule has 0 bridgehead atoms. The normalized spacial score (nSPS) is 19.4. The van der Waals surface area contributed by atoms with Crippen LogP contribution in [0.15, 0.2) is 36.5 Å². The molecule has 1 aliphatic heterocycles. The Kier molecular flexibility index (Phi) is 5.90. The zero-order chi connectivity index (χ0) is 18.6. The number of carbonyl (C=O) groups is 2. The summed E-state index contributed by atoms with van der Waals surface area (Å²) in [5.74, 6) is -0.390. The maximum atomic E-state index is 12.3. The van der Waals surface area contributed by atoms with E-state index in [-0.39, 0.29) is 35.8 Å². The molecule has 1 aliphatic rings. The summed E-state index contributed by atoms with van der Waals surface area (Å²) in [7, 11) is 1.34. The molecule has 0 spiro atoms. The van der Waals surface area contributed by atoms with Crippen molar-refractivity contribution in [3.05, 3.63) is 52.2 Å². The van der Waals surface area contributed by atoms with Crippen LogP contribution >= 0.6 is 0 Å². The third-order valence-electron chi connectivity index (χ3n) is 4.62. The van der Waals surface area contributed by atoms with Gasteiger partial charge in [-0.15, -0.1) is 0 Å². The van der Waals surface area contributed by atoms with Crippen LogP contribution in [0.1, 0.15) is 38.3 Å². The highest BCUT2D eigenvalue weighted by Crippen LogP contribution is 2.34. The maximum absolute atomic E-state index is 12.3. The summed E-state index contributed by atoms with van der Waals surface area (Å²) in [5, 5.41) is 10.8. The summed E-state index contributed by atoms with van der Waals surface area (Å²) in [5.41, 5.74) is 0.736. The van der Waals surface area contributed by atoms with Gasteiger partial charge in [0.1, 0.15) is 6.04 Å². The van der Waals surface area contributed by atoms with E-state index in [1.165, 1.54) is 25.3 Å². The quantitative estimate of drug-likeness (QED) is 0.447. The SMILES string of the molecule is CCC(C)[C@@H](C(=O)OC)N1C=CC(=O)C[C@@H]1c1ccc([N+](=O)[O-])cc1. The number of hydrogen-bond donors (Lipinski definition) is 0. The fourth-order valence-corrected chi connectivity index (χ4v) is 3.02. The van der Waals surface area contributed by atoms with E-state index >= 15 is 0 Å². The standard InChI is InChI=1S/C18H22N2O5/c1-4-12(2)17(18(22)25-3)19-10-9-15(21)11-16(19)13-5-7-14(8-6-13)20(23)24/h5-10,12,16-17H,4,11H2,1-3H3/t12?,16-,17+/m1/s1. The van der Waals surface area contributed by atoms with Crippen LogP contribution < -0.4 is 0 Å². The Balaban J connectivity index is 2.41. The molecule has 1 aromatic carbocycles. The minimum Gasteiger partial charge on any atom is -0.467 e. The molecule has 7 heteroatoms. The highest BCUT2D eigenvalue weighted by atomic mass is 16.6. The molecular weight excluding hydrogens is 324 g/mol. The molecule has 3 atom stereocenters. The smallest absolute Gasteiger partial charge is 0.328 e. The number of benzene rings is 1. The van der Waals surface area contributed by atoms with Crippen molar-refractivity contribution < 1.29 is 19.2 Å². The largest absolute Gasteiger partial charge is 0.467 e. The number of carbonyl (C=O) groups excluding carboxylic acids is 2. The Hall–Kier alpha value is -2.70. The number of hydrogen-bond acceptors (Lipinski definition) is 6. The Morgan fingerprint density at radius 3 is 2.56 bits per heavy atom. The van der Waals surface area contributed by atoms with Gasteiger partial charge in [-0.05, 0) is 17.6 Å². The van der Waals surface area contributed by atoms with E-state index in [2.05, 4.69) is 0 Å². The summed E-state index contributed by atoms with van der Waals surface area (Å²) in [6.07, 6.45) is 4.06. The first-order chi connectivity index (χ1) is 11.9. The summed E-state index contributed by atoms with van der Waals surface area (Å²) in [6.45, 7) is 3.94. The fourth-order valence-electron chi connectivity index (χ4n) is 3.02. The second-order valence-corrected chi connectivity index (χ2v) is 6.15. The van der Waals surface area contributed by atoms with Gasteiger partial charge in [-0.25, -0.2) is 4.79 Å². The lowest BCUT2D eigenvalue weighted by molar-refractivity contribution is -0.384. The van der Waals surface area contributed by atoms with Gasteiger partial charge in [0.05, 0.1) is 18.1 Å². The molecule has 0 saturated heterocycles. The third-order valence-corrected chi connectivity index (χ3v) is 4.62. The third kappa shape index (κ3) is 4.04. The molecule has 0 radical (unpaired) electrons. The van der Waals surface area contributed by atoms with Crippen molar-refractivity contribution in [3.63, 3.8) is 0 Å². The summed E-state index contributed by atoms with van der Waals surface area (Å²) >= 11 is 0. The second kappa shape index (κ2) is 7.92. The Labute approximate surface area is 146 Å². The van der Waals surface area contributed by atoms with E-state index in [9.17, 15) is 19.7 Å². The molecule has 25 heavy (non-hydrogen) atoms. The number of nitro groups is 1. The molecular formula is C18H22N2O5. The summed E-state index contributed by atoms with van der Waals surface area (Å²) in [4.78, 5) is 36.5. The van der Waals surface area contributed by atoms with Crippen molar-refractivity contribution in [2.45, 2.75) is 38.8 Å². The van der Waals surface area contributed by atoms with Gasteiger partial charge >= 0.3 is 5.97 Å². The average Bonchev–Trinajstić information content (AvgIpc) is 2.62. The number of esters is 1. The van der Waals surface area contributed by atoms with Crippen LogP contribution in [-0.4, -0.2) is 34.7 Å². The van der Waals surface area contributed by atoms with Crippen molar-refractivity contribution in [2.24, 2.45) is 5.92 Å². The Morgan fingerprint density at radius 1 is 1.40 bits per heavy atom. The van der Waals surface area contributed by atoms with Gasteiger partial charge in [0.15, 0.2) is 5.78 Å². The van der Waals surface area contributed by atoms with E-state index < -0.39 is 11.0 Å². The van der Waals surface area contributed by atoms with Gasteiger partial charge in [-0.2, -0.15) is 0 Å². The number of rotatable bonds is 6. The fraction of sp³-hybridized carbons (Fsp3) is 0.444. The molecule has 0 saturated carbocycles. The molecule has 1 heterocycles. The van der Waals surface area contributed by atoms with E-state index in [1.54, 1.807) is 18.3 Å². The molecule has 0 fully saturated rings. The summed E-state index contributed by atoms with van der Waals surface area (Å²) < 4.78 is 4.96. The van der Waals surface area contributed by atoms with Gasteiger partial charge < -0.3 is 9.64 Å². The topological polar surface area (TPSA) is 89.8 Å². The summed E-state index contributed by atoms with van der Waals surface area (Å²) in [6, 6.07) is 5.19. The first kappa shape index (κ1) is 18.6. The van der Waals surface area contributed by atoms with E-state index in [0.29, 0.717) is 0 Å². The number of nitro benzene ring substituents is 1. The van der Waals surface area contributed by atoms with Gasteiger partial charge in [0.25, 0.3) is 5.69 Å². The van der Waals surface area contributed by atoms with Crippen LogP contribution in [-0.2, 0) is 14.3 Å². The zero-order valence-corrected chi connectivity index (χ0v) is 14.5. The first-order valence-electron chi connectivity index (χ1n) is 8.19. The van der Waals surface area contributed by atoms with E-state index in [0.717, 1.165) is 12.0 Å². The Bertz CT molecular complexity index is 683. The van der Waals surface area contributed by atoms with E-state index in [4.69, 9.17) is 4.74 Å². The molecule has 1 aromatic rings. The number of methoxy groups -OCH3 is 1. The van der Waals surface area contributed by atoms with Crippen LogP contribution in [0.4, 0.5) is 5.69 Å². The maximum Gasteiger partial charge on any atom is 0.328 e. The number of nitrogens with zero attached hydrogens (tertiary/aromatic N) is 2. The Morgan fingerprint density at radius 2 is 2.04 bits per heavy atom. The molecule has 0 aliphatic carbocycles. The van der Waals surface area contributed by atoms with Crippen molar-refractivity contribution in [1.82, 2.24) is 4.90 Å². The van der Waals surface area contributed by atoms with Crippen molar-refractivity contribution >= 4 is 17.4 Å². The van der Waals surface area contributed by atoms with Crippen LogP contribution in [0.3, 0.4) is 0 Å². The highest BCUT2D eigenvalue weighted by molar-refractivity contribution is 5.91. The zero-order valence-electron chi connectivity index (χ0n) is 14.5. The minimum absolute atomic E-state index is 0.0144. The number of non-ortho nitro benzene ring substituents is 1. The number of ether oxygens (including phenoxy) is 1. The lowest BCUT2D eigenvalue weighted by atomic mass is 9.90. The molecule has 134 valence electrons. The van der Waals surface area contributed by atoms with Crippen LogP contribution in [0.2, 0.25) is 0 Å². The number of ketones is 1. The van der Waals surface area contributed by atoms with Gasteiger partial charge in [-0.1, -0.05) is 32.4 Å². The molecule has 0 N–H and O–H groups in total. The lowest BCUT2D eigenvalue weighted by Crippen LogP contribution is -2.46. The lowest BCUT2D eigenvalue weighted by Gasteiger charge is -2.40. The van der Waals surface area contributed by atoms with Gasteiger partial charge in [0, 0.05) is 24.8 Å². The number of allylic oxidation sites excluding steroid dienone is 1. The molecule has 0 aromatic heterocycles. The highest BCUT2D eigenvalue weighted by Gasteiger charge is 2.37. The second-order valence-electron chi connectivity index (χ2n) is 6.15. The monoisotopic (exact) mass is 346 g/mol. The predicted octanol–water partition coefficient (Wildman–Crippen LogP) is 3.01. The van der Waals surface area contributed by atoms with Crippen LogP contribution in [0.25, 0.3) is 0 Å². The average molecular weight is 346 g/mol. The molecule has 7 nitrogen and oxygen atoms in total.